The molecule has 0 aliphatic heterocycles. The van der Waals surface area contributed by atoms with E-state index in [2.05, 4.69) is 53.0 Å². The van der Waals surface area contributed by atoms with Gasteiger partial charge >= 0.3 is 0 Å². The molecule has 3 nitrogen and oxygen atoms in total. The Kier molecular flexibility index (Phi) is 4.59. The fraction of sp³-hybridized carbons (Fsp3) is 0.611. The number of imidazole rings is 1. The van der Waals surface area contributed by atoms with Crippen molar-refractivity contribution in [1.29, 1.82) is 0 Å². The highest BCUT2D eigenvalue weighted by Gasteiger charge is 2.19. The van der Waals surface area contributed by atoms with Crippen LogP contribution in [0.5, 0.6) is 0 Å². The third-order valence-electron chi connectivity index (χ3n) is 5.04. The first-order valence-electron chi connectivity index (χ1n) is 8.43. The van der Waals surface area contributed by atoms with Crippen LogP contribution in [0, 0.1) is 12.8 Å². The standard InChI is InChI=1S/C18H27N3/c1-3-15-8-10-16(11-9-15)19-12-13-21-14(2)20-17-6-4-5-7-18(17)21/h4-7,15-16,19H,3,8-13H2,1-2H3. The molecule has 2 aromatic rings. The third kappa shape index (κ3) is 3.29. The number of nitrogens with zero attached hydrogens (tertiary/aromatic N) is 2. The molecule has 0 saturated heterocycles. The predicted octanol–water partition coefficient (Wildman–Crippen LogP) is 3.90. The minimum Gasteiger partial charge on any atom is -0.327 e. The van der Waals surface area contributed by atoms with E-state index in [1.807, 2.05) is 0 Å². The van der Waals surface area contributed by atoms with Gasteiger partial charge in [0.05, 0.1) is 11.0 Å². The van der Waals surface area contributed by atoms with Gasteiger partial charge in [-0.2, -0.15) is 0 Å². The number of benzene rings is 1. The van der Waals surface area contributed by atoms with Crippen molar-refractivity contribution in [2.75, 3.05) is 6.54 Å². The second kappa shape index (κ2) is 6.61. The summed E-state index contributed by atoms with van der Waals surface area (Å²) in [6.45, 7) is 6.49. The van der Waals surface area contributed by atoms with Crippen LogP contribution in [0.3, 0.4) is 0 Å². The van der Waals surface area contributed by atoms with Crippen molar-refractivity contribution in [3.8, 4) is 0 Å². The molecule has 0 unspecified atom stereocenters. The lowest BCUT2D eigenvalue weighted by Gasteiger charge is -2.28. The largest absolute Gasteiger partial charge is 0.327 e. The van der Waals surface area contributed by atoms with E-state index in [-0.39, 0.29) is 0 Å². The number of aromatic nitrogens is 2. The van der Waals surface area contributed by atoms with E-state index < -0.39 is 0 Å². The van der Waals surface area contributed by atoms with Crippen LogP contribution in [0.4, 0.5) is 0 Å². The first-order valence-corrected chi connectivity index (χ1v) is 8.43. The highest BCUT2D eigenvalue weighted by molar-refractivity contribution is 5.75. The first-order chi connectivity index (χ1) is 10.3. The quantitative estimate of drug-likeness (QED) is 0.903. The Morgan fingerprint density at radius 3 is 2.71 bits per heavy atom. The van der Waals surface area contributed by atoms with Gasteiger partial charge in [0.25, 0.3) is 0 Å². The minimum absolute atomic E-state index is 0.725. The molecule has 1 heterocycles. The Labute approximate surface area is 127 Å². The lowest BCUT2D eigenvalue weighted by Crippen LogP contribution is -2.35. The minimum atomic E-state index is 0.725. The van der Waals surface area contributed by atoms with Crippen molar-refractivity contribution in [1.82, 2.24) is 14.9 Å². The molecule has 1 fully saturated rings. The van der Waals surface area contributed by atoms with Crippen molar-refractivity contribution in [3.05, 3.63) is 30.1 Å². The van der Waals surface area contributed by atoms with E-state index in [1.54, 1.807) is 0 Å². The molecule has 1 saturated carbocycles. The number of rotatable bonds is 5. The predicted molar refractivity (Wildman–Crippen MR) is 88.5 cm³/mol. The summed E-state index contributed by atoms with van der Waals surface area (Å²) < 4.78 is 2.33. The second-order valence-corrected chi connectivity index (χ2v) is 6.38. The summed E-state index contributed by atoms with van der Waals surface area (Å²) in [4.78, 5) is 4.63. The average Bonchev–Trinajstić information content (AvgIpc) is 2.84. The lowest BCUT2D eigenvalue weighted by molar-refractivity contribution is 0.284. The van der Waals surface area contributed by atoms with Gasteiger partial charge in [-0.3, -0.25) is 0 Å². The second-order valence-electron chi connectivity index (χ2n) is 6.38. The Balaban J connectivity index is 1.54. The molecule has 1 aromatic carbocycles. The van der Waals surface area contributed by atoms with Gasteiger partial charge in [0.15, 0.2) is 0 Å². The molecule has 21 heavy (non-hydrogen) atoms. The zero-order valence-corrected chi connectivity index (χ0v) is 13.3. The maximum Gasteiger partial charge on any atom is 0.106 e. The average molecular weight is 285 g/mol. The van der Waals surface area contributed by atoms with Crippen molar-refractivity contribution in [2.45, 2.75) is 58.5 Å². The molecular formula is C18H27N3. The van der Waals surface area contributed by atoms with E-state index in [0.29, 0.717) is 0 Å². The summed E-state index contributed by atoms with van der Waals surface area (Å²) in [5.74, 6) is 2.09. The molecule has 0 spiro atoms. The van der Waals surface area contributed by atoms with Crippen molar-refractivity contribution in [2.24, 2.45) is 5.92 Å². The van der Waals surface area contributed by atoms with Gasteiger partial charge in [0.2, 0.25) is 0 Å². The molecule has 0 atom stereocenters. The highest BCUT2D eigenvalue weighted by Crippen LogP contribution is 2.26. The Hall–Kier alpha value is -1.35. The van der Waals surface area contributed by atoms with Crippen LogP contribution < -0.4 is 5.32 Å². The zero-order valence-electron chi connectivity index (χ0n) is 13.3. The fourth-order valence-corrected chi connectivity index (χ4v) is 3.63. The normalized spacial score (nSPS) is 22.8. The lowest BCUT2D eigenvalue weighted by atomic mass is 9.84. The van der Waals surface area contributed by atoms with Crippen LogP contribution >= 0.6 is 0 Å². The van der Waals surface area contributed by atoms with Gasteiger partial charge in [0.1, 0.15) is 5.82 Å². The number of hydrogen-bond acceptors (Lipinski definition) is 2. The summed E-state index contributed by atoms with van der Waals surface area (Å²) >= 11 is 0. The van der Waals surface area contributed by atoms with Gasteiger partial charge in [0, 0.05) is 19.1 Å². The third-order valence-corrected chi connectivity index (χ3v) is 5.04. The fourth-order valence-electron chi connectivity index (χ4n) is 3.63. The van der Waals surface area contributed by atoms with Crippen molar-refractivity contribution < 1.29 is 0 Å². The summed E-state index contributed by atoms with van der Waals surface area (Å²) in [5, 5.41) is 3.75. The van der Waals surface area contributed by atoms with E-state index in [0.717, 1.165) is 36.4 Å². The molecule has 1 aliphatic rings. The Morgan fingerprint density at radius 2 is 1.95 bits per heavy atom. The monoisotopic (exact) mass is 285 g/mol. The molecule has 1 aromatic heterocycles. The number of nitrogens with one attached hydrogen (secondary N) is 1. The molecule has 3 rings (SSSR count). The number of fused-ring (bicyclic) bond motifs is 1. The zero-order chi connectivity index (χ0) is 14.7. The van der Waals surface area contributed by atoms with Gasteiger partial charge in [-0.15, -0.1) is 0 Å². The van der Waals surface area contributed by atoms with Gasteiger partial charge in [-0.1, -0.05) is 25.5 Å². The van der Waals surface area contributed by atoms with Gasteiger partial charge in [-0.05, 0) is 50.7 Å². The Morgan fingerprint density at radius 1 is 1.19 bits per heavy atom. The van der Waals surface area contributed by atoms with E-state index in [1.165, 1.54) is 37.6 Å². The van der Waals surface area contributed by atoms with Crippen LogP contribution in [-0.2, 0) is 6.54 Å². The van der Waals surface area contributed by atoms with Crippen molar-refractivity contribution in [3.63, 3.8) is 0 Å². The summed E-state index contributed by atoms with van der Waals surface area (Å²) in [6, 6.07) is 9.14. The Bertz CT molecular complexity index is 579. The maximum atomic E-state index is 4.63. The molecule has 3 heteroatoms. The van der Waals surface area contributed by atoms with Crippen LogP contribution in [-0.4, -0.2) is 22.1 Å². The molecule has 114 valence electrons. The first kappa shape index (κ1) is 14.6. The van der Waals surface area contributed by atoms with E-state index >= 15 is 0 Å². The topological polar surface area (TPSA) is 29.9 Å². The number of aryl methyl sites for hydroxylation is 1. The molecule has 0 amide bonds. The van der Waals surface area contributed by atoms with Crippen LogP contribution in [0.25, 0.3) is 11.0 Å². The molecule has 0 radical (unpaired) electrons. The molecule has 0 bridgehead atoms. The number of para-hydroxylation sites is 2. The maximum absolute atomic E-state index is 4.63. The molecular weight excluding hydrogens is 258 g/mol. The van der Waals surface area contributed by atoms with Crippen LogP contribution in [0.15, 0.2) is 24.3 Å². The molecule has 1 N–H and O–H groups in total. The van der Waals surface area contributed by atoms with Gasteiger partial charge in [-0.25, -0.2) is 4.98 Å². The number of hydrogen-bond donors (Lipinski definition) is 1. The summed E-state index contributed by atoms with van der Waals surface area (Å²) in [6.07, 6.45) is 6.86. The van der Waals surface area contributed by atoms with Crippen molar-refractivity contribution >= 4 is 11.0 Å². The van der Waals surface area contributed by atoms with Crippen LogP contribution in [0.2, 0.25) is 0 Å². The molecule has 1 aliphatic carbocycles. The SMILES string of the molecule is CCC1CCC(NCCn2c(C)nc3ccccc32)CC1. The van der Waals surface area contributed by atoms with E-state index in [4.69, 9.17) is 0 Å². The summed E-state index contributed by atoms with van der Waals surface area (Å²) in [5.41, 5.74) is 2.37. The van der Waals surface area contributed by atoms with Gasteiger partial charge < -0.3 is 9.88 Å². The van der Waals surface area contributed by atoms with E-state index in [9.17, 15) is 0 Å². The summed E-state index contributed by atoms with van der Waals surface area (Å²) in [7, 11) is 0. The van der Waals surface area contributed by atoms with Crippen LogP contribution in [0.1, 0.15) is 44.9 Å². The smallest absolute Gasteiger partial charge is 0.106 e. The highest BCUT2D eigenvalue weighted by atomic mass is 15.1.